The molecule has 1 amide bonds. The monoisotopic (exact) mass is 277 g/mol. The summed E-state index contributed by atoms with van der Waals surface area (Å²) in [5.41, 5.74) is 1.58. The molecule has 4 heteroatoms. The maximum absolute atomic E-state index is 12.5. The van der Waals surface area contributed by atoms with Crippen molar-refractivity contribution in [1.82, 2.24) is 0 Å². The molecule has 3 nitrogen and oxygen atoms in total. The van der Waals surface area contributed by atoms with Crippen LogP contribution in [-0.4, -0.2) is 23.5 Å². The highest BCUT2D eigenvalue weighted by atomic mass is 32.2. The lowest BCUT2D eigenvalue weighted by Gasteiger charge is -2.38. The maximum atomic E-state index is 12.5. The second-order valence-corrected chi connectivity index (χ2v) is 7.43. The number of benzene rings is 1. The Kier molecular flexibility index (Phi) is 3.72. The molecule has 1 aromatic carbocycles. The highest BCUT2D eigenvalue weighted by Gasteiger charge is 2.39. The van der Waals surface area contributed by atoms with Crippen molar-refractivity contribution >= 4 is 29.6 Å². The van der Waals surface area contributed by atoms with Gasteiger partial charge in [0.25, 0.3) is 0 Å². The van der Waals surface area contributed by atoms with E-state index in [1.165, 1.54) is 11.8 Å². The zero-order chi connectivity index (χ0) is 14.2. The molecular weight excluding hydrogens is 258 g/mol. The van der Waals surface area contributed by atoms with Crippen LogP contribution >= 0.6 is 11.8 Å². The molecule has 0 atom stereocenters. The molecule has 0 N–H and O–H groups in total. The standard InChI is InChI=1S/C15H19NO2S/c1-10(2)8-16-12-6-5-11(9-17)7-13(12)19-15(3,4)14(16)18/h5-7,9-10H,8H2,1-4H3. The van der Waals surface area contributed by atoms with E-state index in [1.54, 1.807) is 6.07 Å². The van der Waals surface area contributed by atoms with Crippen molar-refractivity contribution in [3.63, 3.8) is 0 Å². The largest absolute Gasteiger partial charge is 0.310 e. The van der Waals surface area contributed by atoms with Crippen LogP contribution in [0.5, 0.6) is 0 Å². The van der Waals surface area contributed by atoms with Crippen molar-refractivity contribution in [2.75, 3.05) is 11.4 Å². The molecule has 0 radical (unpaired) electrons. The molecule has 19 heavy (non-hydrogen) atoms. The molecule has 0 fully saturated rings. The van der Waals surface area contributed by atoms with Gasteiger partial charge in [0.05, 0.1) is 10.4 Å². The number of carbonyl (C=O) groups excluding carboxylic acids is 2. The average molecular weight is 277 g/mol. The average Bonchev–Trinajstić information content (AvgIpc) is 2.33. The summed E-state index contributed by atoms with van der Waals surface area (Å²) in [6, 6.07) is 5.52. The number of aldehydes is 1. The topological polar surface area (TPSA) is 37.4 Å². The Labute approximate surface area is 118 Å². The van der Waals surface area contributed by atoms with E-state index in [0.717, 1.165) is 16.9 Å². The van der Waals surface area contributed by atoms with Crippen molar-refractivity contribution in [2.24, 2.45) is 5.92 Å². The molecule has 0 bridgehead atoms. The zero-order valence-electron chi connectivity index (χ0n) is 11.8. The number of rotatable bonds is 3. The number of carbonyl (C=O) groups is 2. The van der Waals surface area contributed by atoms with Crippen LogP contribution in [-0.2, 0) is 4.79 Å². The van der Waals surface area contributed by atoms with Gasteiger partial charge in [-0.15, -0.1) is 11.8 Å². The normalized spacial score (nSPS) is 17.5. The summed E-state index contributed by atoms with van der Waals surface area (Å²) < 4.78 is -0.483. The Balaban J connectivity index is 2.50. The third-order valence-corrected chi connectivity index (χ3v) is 4.32. The molecule has 0 saturated heterocycles. The molecule has 102 valence electrons. The van der Waals surface area contributed by atoms with E-state index in [9.17, 15) is 9.59 Å². The third-order valence-electron chi connectivity index (χ3n) is 3.08. The molecule has 1 aliphatic rings. The first-order chi connectivity index (χ1) is 8.85. The number of fused-ring (bicyclic) bond motifs is 1. The summed E-state index contributed by atoms with van der Waals surface area (Å²) in [6.07, 6.45) is 0.844. The van der Waals surface area contributed by atoms with E-state index >= 15 is 0 Å². The summed E-state index contributed by atoms with van der Waals surface area (Å²) in [4.78, 5) is 26.3. The van der Waals surface area contributed by atoms with E-state index in [2.05, 4.69) is 13.8 Å². The van der Waals surface area contributed by atoms with Crippen LogP contribution in [0.25, 0.3) is 0 Å². The van der Waals surface area contributed by atoms with E-state index < -0.39 is 4.75 Å². The molecule has 1 heterocycles. The number of thioether (sulfide) groups is 1. The fourth-order valence-electron chi connectivity index (χ4n) is 2.21. The molecule has 1 aromatic rings. The maximum Gasteiger partial charge on any atom is 0.243 e. The molecule has 0 saturated carbocycles. The Bertz CT molecular complexity index is 523. The first-order valence-corrected chi connectivity index (χ1v) is 7.27. The van der Waals surface area contributed by atoms with Gasteiger partial charge in [-0.05, 0) is 38.0 Å². The van der Waals surface area contributed by atoms with Gasteiger partial charge in [0.1, 0.15) is 6.29 Å². The Morgan fingerprint density at radius 2 is 2.05 bits per heavy atom. The zero-order valence-corrected chi connectivity index (χ0v) is 12.6. The summed E-state index contributed by atoms with van der Waals surface area (Å²) in [7, 11) is 0. The lowest BCUT2D eigenvalue weighted by molar-refractivity contribution is -0.120. The van der Waals surface area contributed by atoms with Crippen LogP contribution in [0.4, 0.5) is 5.69 Å². The van der Waals surface area contributed by atoms with Crippen molar-refractivity contribution in [1.29, 1.82) is 0 Å². The van der Waals surface area contributed by atoms with Crippen LogP contribution in [0.15, 0.2) is 23.1 Å². The fraction of sp³-hybridized carbons (Fsp3) is 0.467. The molecule has 0 spiro atoms. The van der Waals surface area contributed by atoms with Gasteiger partial charge in [-0.3, -0.25) is 9.59 Å². The van der Waals surface area contributed by atoms with Crippen LogP contribution in [0, 0.1) is 5.92 Å². The molecule has 2 rings (SSSR count). The van der Waals surface area contributed by atoms with Gasteiger partial charge in [0.15, 0.2) is 0 Å². The number of nitrogens with zero attached hydrogens (tertiary/aromatic N) is 1. The van der Waals surface area contributed by atoms with Gasteiger partial charge in [-0.1, -0.05) is 13.8 Å². The van der Waals surface area contributed by atoms with Crippen LogP contribution in [0.1, 0.15) is 38.1 Å². The summed E-state index contributed by atoms with van der Waals surface area (Å²) in [6.45, 7) is 8.77. The first kappa shape index (κ1) is 14.1. The van der Waals surface area contributed by atoms with Crippen molar-refractivity contribution in [3.8, 4) is 0 Å². The minimum Gasteiger partial charge on any atom is -0.310 e. The van der Waals surface area contributed by atoms with Gasteiger partial charge in [-0.25, -0.2) is 0 Å². The number of amides is 1. The quantitative estimate of drug-likeness (QED) is 0.795. The Morgan fingerprint density at radius 3 is 2.63 bits per heavy atom. The lowest BCUT2D eigenvalue weighted by Crippen LogP contribution is -2.47. The van der Waals surface area contributed by atoms with Gasteiger partial charge in [0.2, 0.25) is 5.91 Å². The summed E-state index contributed by atoms with van der Waals surface area (Å²) >= 11 is 1.53. The lowest BCUT2D eigenvalue weighted by atomic mass is 10.1. The second-order valence-electron chi connectivity index (χ2n) is 5.77. The summed E-state index contributed by atoms with van der Waals surface area (Å²) in [5.74, 6) is 0.541. The van der Waals surface area contributed by atoms with E-state index in [-0.39, 0.29) is 5.91 Å². The highest BCUT2D eigenvalue weighted by Crippen LogP contribution is 2.45. The number of anilines is 1. The Morgan fingerprint density at radius 1 is 1.37 bits per heavy atom. The Hall–Kier alpha value is -1.29. The number of hydrogen-bond donors (Lipinski definition) is 0. The molecule has 0 aromatic heterocycles. The van der Waals surface area contributed by atoms with E-state index in [0.29, 0.717) is 18.0 Å². The molecule has 0 unspecified atom stereocenters. The highest BCUT2D eigenvalue weighted by molar-refractivity contribution is 8.01. The van der Waals surface area contributed by atoms with Gasteiger partial charge < -0.3 is 4.90 Å². The van der Waals surface area contributed by atoms with Gasteiger partial charge in [0, 0.05) is 17.0 Å². The molecule has 0 aliphatic carbocycles. The van der Waals surface area contributed by atoms with Crippen molar-refractivity contribution in [3.05, 3.63) is 23.8 Å². The predicted molar refractivity (Wildman–Crippen MR) is 79.0 cm³/mol. The van der Waals surface area contributed by atoms with Crippen LogP contribution in [0.2, 0.25) is 0 Å². The van der Waals surface area contributed by atoms with Crippen LogP contribution < -0.4 is 4.90 Å². The van der Waals surface area contributed by atoms with Crippen molar-refractivity contribution < 1.29 is 9.59 Å². The van der Waals surface area contributed by atoms with E-state index in [1.807, 2.05) is 30.9 Å². The number of hydrogen-bond acceptors (Lipinski definition) is 3. The van der Waals surface area contributed by atoms with Gasteiger partial charge >= 0.3 is 0 Å². The van der Waals surface area contributed by atoms with E-state index in [4.69, 9.17) is 0 Å². The third kappa shape index (κ3) is 2.68. The second kappa shape index (κ2) is 5.00. The first-order valence-electron chi connectivity index (χ1n) is 6.45. The van der Waals surface area contributed by atoms with Crippen LogP contribution in [0.3, 0.4) is 0 Å². The summed E-state index contributed by atoms with van der Waals surface area (Å²) in [5, 5.41) is 0. The molecule has 1 aliphatic heterocycles. The molecular formula is C15H19NO2S. The van der Waals surface area contributed by atoms with Gasteiger partial charge in [-0.2, -0.15) is 0 Å². The fourth-order valence-corrected chi connectivity index (χ4v) is 3.43. The predicted octanol–water partition coefficient (Wildman–Crippen LogP) is 3.37. The SMILES string of the molecule is CC(C)CN1C(=O)C(C)(C)Sc2cc(C=O)ccc21. The minimum atomic E-state index is -0.483. The minimum absolute atomic E-state index is 0.137. The smallest absolute Gasteiger partial charge is 0.243 e. The van der Waals surface area contributed by atoms with Crippen molar-refractivity contribution in [2.45, 2.75) is 37.3 Å².